The molecule has 0 saturated heterocycles. The molecule has 1 aromatic heterocycles. The van der Waals surface area contributed by atoms with E-state index in [1.165, 1.54) is 4.68 Å². The Morgan fingerprint density at radius 3 is 2.06 bits per heavy atom. The summed E-state index contributed by atoms with van der Waals surface area (Å²) in [4.78, 5) is 26.7. The maximum atomic E-state index is 13.4. The third-order valence-corrected chi connectivity index (χ3v) is 5.15. The molecule has 4 aromatic rings. The topological polar surface area (TPSA) is 64.0 Å². The van der Waals surface area contributed by atoms with Gasteiger partial charge in [0.1, 0.15) is 5.56 Å². The average Bonchev–Trinajstić information content (AvgIpc) is 2.81. The SMILES string of the molecule is CCn1nc(-c2ccccc2)c(-c2ccccc2)c(C(=O)Nc2ccc(Cl)cc2)c1=O. The van der Waals surface area contributed by atoms with Crippen LogP contribution in [-0.4, -0.2) is 15.7 Å². The smallest absolute Gasteiger partial charge is 0.280 e. The molecule has 4 rings (SSSR count). The molecule has 0 radical (unpaired) electrons. The van der Waals surface area contributed by atoms with E-state index >= 15 is 0 Å². The number of amides is 1. The summed E-state index contributed by atoms with van der Waals surface area (Å²) in [6, 6.07) is 25.7. The molecule has 0 spiro atoms. The lowest BCUT2D eigenvalue weighted by atomic mass is 9.95. The molecule has 1 N–H and O–H groups in total. The number of aryl methyl sites for hydroxylation is 1. The van der Waals surface area contributed by atoms with Crippen LogP contribution in [0.3, 0.4) is 0 Å². The van der Waals surface area contributed by atoms with Crippen LogP contribution in [0, 0.1) is 0 Å². The summed E-state index contributed by atoms with van der Waals surface area (Å²) in [7, 11) is 0. The van der Waals surface area contributed by atoms with Gasteiger partial charge in [-0.3, -0.25) is 9.59 Å². The summed E-state index contributed by atoms with van der Waals surface area (Å²) in [5.41, 5.74) is 2.82. The van der Waals surface area contributed by atoms with Crippen LogP contribution in [0.1, 0.15) is 17.3 Å². The van der Waals surface area contributed by atoms with Crippen LogP contribution in [0.25, 0.3) is 22.4 Å². The Morgan fingerprint density at radius 2 is 1.48 bits per heavy atom. The lowest BCUT2D eigenvalue weighted by Gasteiger charge is -2.17. The molecule has 1 amide bonds. The van der Waals surface area contributed by atoms with Crippen molar-refractivity contribution >= 4 is 23.2 Å². The van der Waals surface area contributed by atoms with Gasteiger partial charge in [0.15, 0.2) is 0 Å². The van der Waals surface area contributed by atoms with Crippen LogP contribution in [0.15, 0.2) is 89.7 Å². The first-order valence-corrected chi connectivity index (χ1v) is 10.3. The van der Waals surface area contributed by atoms with Crippen molar-refractivity contribution in [3.05, 3.63) is 106 Å². The van der Waals surface area contributed by atoms with Crippen molar-refractivity contribution in [2.24, 2.45) is 0 Å². The van der Waals surface area contributed by atoms with Gasteiger partial charge < -0.3 is 5.32 Å². The monoisotopic (exact) mass is 429 g/mol. The highest BCUT2D eigenvalue weighted by molar-refractivity contribution is 6.30. The van der Waals surface area contributed by atoms with E-state index in [0.717, 1.165) is 11.1 Å². The molecule has 1 heterocycles. The van der Waals surface area contributed by atoms with E-state index in [9.17, 15) is 9.59 Å². The van der Waals surface area contributed by atoms with E-state index in [1.54, 1.807) is 24.3 Å². The Labute approximate surface area is 184 Å². The molecule has 31 heavy (non-hydrogen) atoms. The van der Waals surface area contributed by atoms with Crippen LogP contribution in [-0.2, 0) is 6.54 Å². The van der Waals surface area contributed by atoms with E-state index in [0.29, 0.717) is 28.5 Å². The van der Waals surface area contributed by atoms with Crippen LogP contribution in [0.2, 0.25) is 5.02 Å². The summed E-state index contributed by atoms with van der Waals surface area (Å²) in [6.45, 7) is 2.17. The molecule has 6 heteroatoms. The van der Waals surface area contributed by atoms with Gasteiger partial charge in [0, 0.05) is 28.4 Å². The predicted octanol–water partition coefficient (Wildman–Crippen LogP) is 5.50. The highest BCUT2D eigenvalue weighted by Gasteiger charge is 2.25. The third kappa shape index (κ3) is 4.27. The molecule has 0 atom stereocenters. The molecule has 0 saturated carbocycles. The highest BCUT2D eigenvalue weighted by atomic mass is 35.5. The zero-order chi connectivity index (χ0) is 21.8. The van der Waals surface area contributed by atoms with Crippen LogP contribution in [0.5, 0.6) is 0 Å². The van der Waals surface area contributed by atoms with Gasteiger partial charge in [-0.05, 0) is 36.8 Å². The second kappa shape index (κ2) is 8.98. The maximum absolute atomic E-state index is 13.4. The van der Waals surface area contributed by atoms with E-state index in [1.807, 2.05) is 67.6 Å². The number of benzene rings is 3. The minimum atomic E-state index is -0.493. The average molecular weight is 430 g/mol. The van der Waals surface area contributed by atoms with E-state index in [2.05, 4.69) is 10.4 Å². The summed E-state index contributed by atoms with van der Waals surface area (Å²) in [6.07, 6.45) is 0. The summed E-state index contributed by atoms with van der Waals surface area (Å²) in [5.74, 6) is -0.493. The number of nitrogens with one attached hydrogen (secondary N) is 1. The van der Waals surface area contributed by atoms with Gasteiger partial charge in [0.25, 0.3) is 11.5 Å². The molecular weight excluding hydrogens is 410 g/mol. The Morgan fingerprint density at radius 1 is 0.903 bits per heavy atom. The van der Waals surface area contributed by atoms with Gasteiger partial charge in [0.05, 0.1) is 5.69 Å². The molecule has 0 aliphatic heterocycles. The number of hydrogen-bond acceptors (Lipinski definition) is 3. The number of carbonyl (C=O) groups excluding carboxylic acids is 1. The van der Waals surface area contributed by atoms with Crippen molar-refractivity contribution in [3.8, 4) is 22.4 Å². The Hall–Kier alpha value is -3.70. The van der Waals surface area contributed by atoms with Crippen LogP contribution in [0.4, 0.5) is 5.69 Å². The fourth-order valence-electron chi connectivity index (χ4n) is 3.41. The first-order valence-electron chi connectivity index (χ1n) is 9.91. The van der Waals surface area contributed by atoms with E-state index < -0.39 is 11.5 Å². The van der Waals surface area contributed by atoms with Crippen LogP contribution >= 0.6 is 11.6 Å². The molecule has 0 unspecified atom stereocenters. The largest absolute Gasteiger partial charge is 0.322 e. The lowest BCUT2D eigenvalue weighted by Crippen LogP contribution is -2.32. The number of aromatic nitrogens is 2. The minimum Gasteiger partial charge on any atom is -0.322 e. The lowest BCUT2D eigenvalue weighted by molar-refractivity contribution is 0.102. The van der Waals surface area contributed by atoms with Crippen LogP contribution < -0.4 is 10.9 Å². The molecule has 0 bridgehead atoms. The molecule has 154 valence electrons. The number of rotatable bonds is 5. The zero-order valence-corrected chi connectivity index (χ0v) is 17.6. The minimum absolute atomic E-state index is 0.0526. The quantitative estimate of drug-likeness (QED) is 0.455. The van der Waals surface area contributed by atoms with Crippen molar-refractivity contribution in [3.63, 3.8) is 0 Å². The fraction of sp³-hybridized carbons (Fsp3) is 0.0800. The first-order chi connectivity index (χ1) is 15.1. The zero-order valence-electron chi connectivity index (χ0n) is 16.9. The van der Waals surface area contributed by atoms with E-state index in [-0.39, 0.29) is 5.56 Å². The molecule has 0 aliphatic rings. The van der Waals surface area contributed by atoms with Crippen molar-refractivity contribution in [1.29, 1.82) is 0 Å². The number of anilines is 1. The van der Waals surface area contributed by atoms with E-state index in [4.69, 9.17) is 11.6 Å². The molecule has 0 aliphatic carbocycles. The fourth-order valence-corrected chi connectivity index (χ4v) is 3.53. The van der Waals surface area contributed by atoms with Crippen molar-refractivity contribution < 1.29 is 4.79 Å². The summed E-state index contributed by atoms with van der Waals surface area (Å²) >= 11 is 5.95. The maximum Gasteiger partial charge on any atom is 0.280 e. The normalized spacial score (nSPS) is 10.6. The molecular formula is C25H20ClN3O2. The Bertz CT molecular complexity index is 1270. The summed E-state index contributed by atoms with van der Waals surface area (Å²) in [5, 5.41) is 8.00. The summed E-state index contributed by atoms with van der Waals surface area (Å²) < 4.78 is 1.32. The van der Waals surface area contributed by atoms with Gasteiger partial charge in [-0.1, -0.05) is 72.3 Å². The van der Waals surface area contributed by atoms with Crippen molar-refractivity contribution in [2.45, 2.75) is 13.5 Å². The molecule has 3 aromatic carbocycles. The van der Waals surface area contributed by atoms with Gasteiger partial charge in [0.2, 0.25) is 0 Å². The number of halogens is 1. The number of nitrogens with zero attached hydrogens (tertiary/aromatic N) is 2. The van der Waals surface area contributed by atoms with Gasteiger partial charge in [-0.25, -0.2) is 4.68 Å². The van der Waals surface area contributed by atoms with Gasteiger partial charge in [-0.2, -0.15) is 5.10 Å². The first kappa shape index (κ1) is 20.6. The van der Waals surface area contributed by atoms with Crippen molar-refractivity contribution in [1.82, 2.24) is 9.78 Å². The molecule has 0 fully saturated rings. The van der Waals surface area contributed by atoms with Gasteiger partial charge >= 0.3 is 0 Å². The van der Waals surface area contributed by atoms with Gasteiger partial charge in [-0.15, -0.1) is 0 Å². The van der Waals surface area contributed by atoms with Crippen molar-refractivity contribution in [2.75, 3.05) is 5.32 Å². The second-order valence-corrected chi connectivity index (χ2v) is 7.35. The number of hydrogen-bond donors (Lipinski definition) is 1. The predicted molar refractivity (Wildman–Crippen MR) is 124 cm³/mol. The third-order valence-electron chi connectivity index (χ3n) is 4.89. The Balaban J connectivity index is 1.97. The second-order valence-electron chi connectivity index (χ2n) is 6.91. The standard InChI is InChI=1S/C25H20ClN3O2/c1-2-29-25(31)22(24(30)27-20-15-13-19(26)14-16-20)21(17-9-5-3-6-10-17)23(28-29)18-11-7-4-8-12-18/h3-16H,2H2,1H3,(H,27,30). The highest BCUT2D eigenvalue weighted by Crippen LogP contribution is 2.32. The number of carbonyl (C=O) groups is 1. The molecule has 5 nitrogen and oxygen atoms in total. The Kier molecular flexibility index (Phi) is 5.96.